The third kappa shape index (κ3) is 5.93. The number of piperazine rings is 1. The van der Waals surface area contributed by atoms with Gasteiger partial charge < -0.3 is 20.6 Å². The fourth-order valence-corrected chi connectivity index (χ4v) is 3.79. The summed E-state index contributed by atoms with van der Waals surface area (Å²) in [6.45, 7) is 3.32. The fourth-order valence-electron chi connectivity index (χ4n) is 2.96. The molecule has 3 aromatic rings. The minimum Gasteiger partial charge on any atom is -0.475 e. The Hall–Kier alpha value is -3.40. The Balaban J connectivity index is 0.000000406. The Kier molecular flexibility index (Phi) is 7.61. The van der Waals surface area contributed by atoms with Crippen molar-refractivity contribution in [2.45, 2.75) is 12.6 Å². The van der Waals surface area contributed by atoms with E-state index in [1.165, 1.54) is 29.3 Å². The van der Waals surface area contributed by atoms with Crippen LogP contribution in [0.25, 0.3) is 10.3 Å². The number of aromatic nitrogens is 4. The van der Waals surface area contributed by atoms with E-state index in [-0.39, 0.29) is 5.69 Å². The molecule has 3 N–H and O–H groups in total. The summed E-state index contributed by atoms with van der Waals surface area (Å²) in [6, 6.07) is 0. The highest BCUT2D eigenvalue weighted by Crippen LogP contribution is 2.28. The number of hydrogen-bond acceptors (Lipinski definition) is 8. The first-order chi connectivity index (χ1) is 16.0. The lowest BCUT2D eigenvalue weighted by Crippen LogP contribution is -2.43. The summed E-state index contributed by atoms with van der Waals surface area (Å²) in [5, 5.41) is 18.2. The number of halogens is 5. The second-order valence-corrected chi connectivity index (χ2v) is 7.79. The zero-order valence-electron chi connectivity index (χ0n) is 17.4. The molecule has 0 atom stereocenters. The lowest BCUT2D eigenvalue weighted by Gasteiger charge is -2.28. The average Bonchev–Trinajstić information content (AvgIpc) is 3.37. The lowest BCUT2D eigenvalue weighted by molar-refractivity contribution is -0.192. The molecule has 184 valence electrons. The van der Waals surface area contributed by atoms with E-state index in [9.17, 15) is 26.7 Å². The van der Waals surface area contributed by atoms with Gasteiger partial charge in [-0.2, -0.15) is 18.3 Å². The van der Waals surface area contributed by atoms with E-state index >= 15 is 0 Å². The van der Waals surface area contributed by atoms with Gasteiger partial charge in [0.2, 0.25) is 0 Å². The van der Waals surface area contributed by atoms with E-state index in [0.717, 1.165) is 26.2 Å². The molecule has 0 aliphatic carbocycles. The van der Waals surface area contributed by atoms with E-state index < -0.39 is 30.2 Å². The predicted octanol–water partition coefficient (Wildman–Crippen LogP) is 2.66. The van der Waals surface area contributed by atoms with E-state index in [0.29, 0.717) is 21.7 Å². The summed E-state index contributed by atoms with van der Waals surface area (Å²) < 4.78 is 59.2. The molecule has 3 aromatic heterocycles. The Labute approximate surface area is 192 Å². The van der Waals surface area contributed by atoms with Crippen LogP contribution in [0.4, 0.5) is 33.5 Å². The Morgan fingerprint density at radius 1 is 1.26 bits per heavy atom. The molecule has 10 nitrogen and oxygen atoms in total. The number of carboxylic acid groups (broad SMARTS) is 1. The smallest absolute Gasteiger partial charge is 0.475 e. The zero-order valence-corrected chi connectivity index (χ0v) is 18.3. The van der Waals surface area contributed by atoms with Gasteiger partial charge in [0.1, 0.15) is 16.2 Å². The second kappa shape index (κ2) is 10.3. The summed E-state index contributed by atoms with van der Waals surface area (Å²) in [5.74, 6) is -2.57. The number of carbonyl (C=O) groups is 2. The maximum Gasteiger partial charge on any atom is 0.490 e. The molecular weight excluding hydrogens is 489 g/mol. The summed E-state index contributed by atoms with van der Waals surface area (Å²) in [5.41, 5.74) is 0.306. The van der Waals surface area contributed by atoms with Crippen molar-refractivity contribution in [2.75, 3.05) is 36.4 Å². The van der Waals surface area contributed by atoms with Gasteiger partial charge in [0.15, 0.2) is 5.69 Å². The van der Waals surface area contributed by atoms with Crippen LogP contribution in [0.3, 0.4) is 0 Å². The van der Waals surface area contributed by atoms with Crippen molar-refractivity contribution < 1.29 is 36.6 Å². The van der Waals surface area contributed by atoms with Crippen molar-refractivity contribution in [3.05, 3.63) is 29.0 Å². The number of alkyl halides is 5. The molecule has 4 rings (SSSR count). The largest absolute Gasteiger partial charge is 0.490 e. The highest BCUT2D eigenvalue weighted by atomic mass is 32.1. The molecule has 0 aromatic carbocycles. The number of nitrogens with one attached hydrogen (secondary N) is 2. The number of anilines is 2. The number of aryl methyl sites for hydroxylation is 1. The van der Waals surface area contributed by atoms with Crippen LogP contribution in [0.1, 0.15) is 22.5 Å². The third-order valence-corrected chi connectivity index (χ3v) is 5.39. The van der Waals surface area contributed by atoms with Crippen LogP contribution in [0.5, 0.6) is 0 Å². The molecule has 0 radical (unpaired) electrons. The van der Waals surface area contributed by atoms with Crippen LogP contribution >= 0.6 is 11.3 Å². The molecule has 1 saturated heterocycles. The van der Waals surface area contributed by atoms with Crippen molar-refractivity contribution in [2.24, 2.45) is 7.05 Å². The van der Waals surface area contributed by atoms with E-state index in [4.69, 9.17) is 9.90 Å². The number of hydrogen-bond donors (Lipinski definition) is 3. The van der Waals surface area contributed by atoms with Gasteiger partial charge in [-0.15, -0.1) is 11.3 Å². The topological polar surface area (TPSA) is 125 Å². The SMILES string of the molecule is Cn1cc(NC(=O)c2csc3ncc(N4CCNCC4)nc23)c(C(F)F)n1.O=C(O)C(F)(F)F. The maximum atomic E-state index is 13.1. The fraction of sp³-hybridized carbons (Fsp3) is 0.389. The highest BCUT2D eigenvalue weighted by Gasteiger charge is 2.38. The van der Waals surface area contributed by atoms with Crippen molar-refractivity contribution in [3.63, 3.8) is 0 Å². The quantitative estimate of drug-likeness (QED) is 0.461. The summed E-state index contributed by atoms with van der Waals surface area (Å²) >= 11 is 1.29. The van der Waals surface area contributed by atoms with Crippen LogP contribution in [-0.2, 0) is 11.8 Å². The molecule has 16 heteroatoms. The molecule has 1 fully saturated rings. The van der Waals surface area contributed by atoms with Gasteiger partial charge >= 0.3 is 12.1 Å². The van der Waals surface area contributed by atoms with Crippen LogP contribution < -0.4 is 15.5 Å². The first-order valence-electron chi connectivity index (χ1n) is 9.60. The lowest BCUT2D eigenvalue weighted by atomic mass is 10.2. The minimum atomic E-state index is -5.08. The monoisotopic (exact) mass is 507 g/mol. The summed E-state index contributed by atoms with van der Waals surface area (Å²) in [4.78, 5) is 33.3. The van der Waals surface area contributed by atoms with Crippen LogP contribution in [0.2, 0.25) is 0 Å². The number of carbonyl (C=O) groups excluding carboxylic acids is 1. The highest BCUT2D eigenvalue weighted by molar-refractivity contribution is 7.17. The van der Waals surface area contributed by atoms with Gasteiger partial charge in [-0.05, 0) is 0 Å². The molecule has 0 unspecified atom stereocenters. The number of aliphatic carboxylic acids is 1. The Morgan fingerprint density at radius 3 is 2.50 bits per heavy atom. The van der Waals surface area contributed by atoms with Crippen molar-refractivity contribution in [3.8, 4) is 0 Å². The predicted molar refractivity (Wildman–Crippen MR) is 112 cm³/mol. The van der Waals surface area contributed by atoms with E-state index in [1.54, 1.807) is 11.6 Å². The maximum absolute atomic E-state index is 13.1. The first-order valence-corrected chi connectivity index (χ1v) is 10.5. The molecule has 34 heavy (non-hydrogen) atoms. The van der Waals surface area contributed by atoms with Crippen LogP contribution in [-0.4, -0.2) is 69.1 Å². The van der Waals surface area contributed by atoms with Crippen molar-refractivity contribution in [1.29, 1.82) is 0 Å². The summed E-state index contributed by atoms with van der Waals surface area (Å²) in [6.07, 6.45) is -4.81. The number of rotatable bonds is 4. The number of nitrogens with zero attached hydrogens (tertiary/aromatic N) is 5. The standard InChI is InChI=1S/C16H17F2N7OS.C2HF3O2/c1-24-7-10(13(23-24)14(17)18)21-15(26)9-8-27-16-12(9)22-11(6-20-16)25-4-2-19-3-5-25;3-2(4,5)1(6)7/h6-8,14,19H,2-5H2,1H3,(H,21,26);(H,6,7). The second-order valence-electron chi connectivity index (χ2n) is 6.93. The van der Waals surface area contributed by atoms with Crippen molar-refractivity contribution >= 4 is 45.1 Å². The van der Waals surface area contributed by atoms with Gasteiger partial charge in [0.25, 0.3) is 12.3 Å². The average molecular weight is 507 g/mol. The molecule has 4 heterocycles. The molecule has 1 aliphatic rings. The van der Waals surface area contributed by atoms with E-state index in [1.807, 2.05) is 0 Å². The van der Waals surface area contributed by atoms with Gasteiger partial charge in [0, 0.05) is 44.8 Å². The number of amides is 1. The molecule has 0 spiro atoms. The normalized spacial score (nSPS) is 14.1. The van der Waals surface area contributed by atoms with Gasteiger partial charge in [0.05, 0.1) is 17.4 Å². The van der Waals surface area contributed by atoms with Crippen LogP contribution in [0, 0.1) is 0 Å². The molecule has 0 saturated carbocycles. The summed E-state index contributed by atoms with van der Waals surface area (Å²) in [7, 11) is 1.52. The molecule has 0 bridgehead atoms. The molecule has 1 amide bonds. The van der Waals surface area contributed by atoms with Crippen LogP contribution in [0.15, 0.2) is 17.8 Å². The number of carboxylic acids is 1. The van der Waals surface area contributed by atoms with Gasteiger partial charge in [-0.3, -0.25) is 9.48 Å². The van der Waals surface area contributed by atoms with Crippen molar-refractivity contribution in [1.82, 2.24) is 25.1 Å². The number of thiophene rings is 1. The van der Waals surface area contributed by atoms with E-state index in [2.05, 4.69) is 30.6 Å². The third-order valence-electron chi connectivity index (χ3n) is 4.51. The minimum absolute atomic E-state index is 0.0110. The number of fused-ring (bicyclic) bond motifs is 1. The Morgan fingerprint density at radius 2 is 1.91 bits per heavy atom. The zero-order chi connectivity index (χ0) is 25.0. The van der Waals surface area contributed by atoms with Gasteiger partial charge in [-0.1, -0.05) is 0 Å². The van der Waals surface area contributed by atoms with Gasteiger partial charge in [-0.25, -0.2) is 23.5 Å². The molecular formula is C18H18F5N7O3S. The first kappa shape index (κ1) is 25.2. The Bertz CT molecular complexity index is 1170. The molecule has 1 aliphatic heterocycles.